The van der Waals surface area contributed by atoms with E-state index in [0.717, 1.165) is 16.7 Å². The van der Waals surface area contributed by atoms with Gasteiger partial charge in [0.1, 0.15) is 11.4 Å². The highest BCUT2D eigenvalue weighted by Crippen LogP contribution is 2.23. The molecule has 0 aliphatic heterocycles. The van der Waals surface area contributed by atoms with Gasteiger partial charge in [0.05, 0.1) is 19.4 Å². The van der Waals surface area contributed by atoms with Gasteiger partial charge in [-0.15, -0.1) is 0 Å². The summed E-state index contributed by atoms with van der Waals surface area (Å²) >= 11 is 1.61. The van der Waals surface area contributed by atoms with Gasteiger partial charge in [0.15, 0.2) is 5.82 Å². The molecule has 0 radical (unpaired) electrons. The number of aryl methyl sites for hydroxylation is 1. The number of carbonyl (C=O) groups is 1. The van der Waals surface area contributed by atoms with Crippen molar-refractivity contribution < 1.29 is 14.1 Å². The summed E-state index contributed by atoms with van der Waals surface area (Å²) in [6.45, 7) is 0.199. The summed E-state index contributed by atoms with van der Waals surface area (Å²) in [5.41, 5.74) is 1.52. The third-order valence-electron chi connectivity index (χ3n) is 3.67. The summed E-state index contributed by atoms with van der Waals surface area (Å²) < 4.78 is 12.2. The zero-order chi connectivity index (χ0) is 17.1. The third-order valence-corrected chi connectivity index (χ3v) is 4.21. The van der Waals surface area contributed by atoms with Crippen LogP contribution in [-0.4, -0.2) is 34.0 Å². The molecule has 0 unspecified atom stereocenters. The summed E-state index contributed by atoms with van der Waals surface area (Å²) in [5.74, 6) is 2.27. The first-order chi connectivity index (χ1) is 11.6. The largest absolute Gasteiger partial charge is 0.497 e. The maximum absolute atomic E-state index is 12.4. The Morgan fingerprint density at radius 2 is 2.25 bits per heavy atom. The third kappa shape index (κ3) is 3.23. The molecule has 2 heterocycles. The molecule has 7 nitrogen and oxygen atoms in total. The summed E-state index contributed by atoms with van der Waals surface area (Å²) in [6, 6.07) is 7.53. The monoisotopic (exact) mass is 346 g/mol. The van der Waals surface area contributed by atoms with Crippen LogP contribution in [0.25, 0.3) is 10.9 Å². The van der Waals surface area contributed by atoms with Crippen LogP contribution in [-0.2, 0) is 19.3 Å². The van der Waals surface area contributed by atoms with Gasteiger partial charge in [-0.05, 0) is 30.5 Å². The molecule has 0 saturated heterocycles. The van der Waals surface area contributed by atoms with E-state index in [1.165, 1.54) is 0 Å². The predicted octanol–water partition coefficient (Wildman–Crippen LogP) is 2.36. The number of hydrogen-bond donors (Lipinski definition) is 1. The van der Waals surface area contributed by atoms with E-state index >= 15 is 0 Å². The van der Waals surface area contributed by atoms with E-state index in [1.807, 2.05) is 42.1 Å². The van der Waals surface area contributed by atoms with Gasteiger partial charge in [-0.25, -0.2) is 0 Å². The molecule has 0 bridgehead atoms. The molecule has 0 fully saturated rings. The second kappa shape index (κ2) is 6.96. The molecule has 0 saturated carbocycles. The van der Waals surface area contributed by atoms with Gasteiger partial charge in [0.2, 0.25) is 5.89 Å². The first-order valence-corrected chi connectivity index (χ1v) is 8.74. The number of nitrogens with zero attached hydrogens (tertiary/aromatic N) is 3. The number of carbonyl (C=O) groups excluding carboxylic acids is 1. The van der Waals surface area contributed by atoms with Crippen molar-refractivity contribution in [1.29, 1.82) is 0 Å². The number of hydrogen-bond acceptors (Lipinski definition) is 6. The molecule has 0 aliphatic rings. The normalized spacial score (nSPS) is 11.0. The Morgan fingerprint density at radius 1 is 1.42 bits per heavy atom. The lowest BCUT2D eigenvalue weighted by molar-refractivity contribution is 0.0938. The molecule has 1 aromatic carbocycles. The van der Waals surface area contributed by atoms with E-state index in [2.05, 4.69) is 15.5 Å². The highest BCUT2D eigenvalue weighted by atomic mass is 32.2. The molecule has 24 heavy (non-hydrogen) atoms. The number of rotatable bonds is 6. The zero-order valence-electron chi connectivity index (χ0n) is 13.7. The fourth-order valence-electron chi connectivity index (χ4n) is 2.47. The van der Waals surface area contributed by atoms with Crippen LogP contribution < -0.4 is 10.1 Å². The van der Waals surface area contributed by atoms with Gasteiger partial charge in [0, 0.05) is 18.0 Å². The molecule has 1 amide bonds. The predicted molar refractivity (Wildman–Crippen MR) is 92.2 cm³/mol. The molecule has 3 rings (SSSR count). The van der Waals surface area contributed by atoms with Crippen LogP contribution in [0.1, 0.15) is 22.2 Å². The number of methoxy groups -OCH3 is 1. The minimum Gasteiger partial charge on any atom is -0.497 e. The van der Waals surface area contributed by atoms with Crippen LogP contribution in [0, 0.1) is 0 Å². The molecule has 126 valence electrons. The lowest BCUT2D eigenvalue weighted by Gasteiger charge is -2.04. The Morgan fingerprint density at radius 3 is 3.00 bits per heavy atom. The summed E-state index contributed by atoms with van der Waals surface area (Å²) in [6.07, 6.45) is 1.97. The molecule has 0 atom stereocenters. The van der Waals surface area contributed by atoms with Gasteiger partial charge >= 0.3 is 0 Å². The SMILES string of the molecule is COc1ccc2c(c1)cc(C(=O)NCc1nc(CSC)no1)n2C. The molecule has 3 aromatic rings. The molecule has 0 spiro atoms. The van der Waals surface area contributed by atoms with Crippen molar-refractivity contribution in [2.75, 3.05) is 13.4 Å². The highest BCUT2D eigenvalue weighted by Gasteiger charge is 2.15. The van der Waals surface area contributed by atoms with Crippen LogP contribution in [0.15, 0.2) is 28.8 Å². The van der Waals surface area contributed by atoms with Crippen molar-refractivity contribution in [1.82, 2.24) is 20.0 Å². The van der Waals surface area contributed by atoms with Gasteiger partial charge < -0.3 is 19.1 Å². The standard InChI is InChI=1S/C16H18N4O3S/c1-20-12-5-4-11(22-2)6-10(12)7-13(20)16(21)17-8-15-18-14(9-24-3)19-23-15/h4-7H,8-9H2,1-3H3,(H,17,21). The second-order valence-corrected chi connectivity index (χ2v) is 6.10. The fraction of sp³-hybridized carbons (Fsp3) is 0.312. The van der Waals surface area contributed by atoms with Crippen LogP contribution >= 0.6 is 11.8 Å². The quantitative estimate of drug-likeness (QED) is 0.738. The minimum atomic E-state index is -0.197. The van der Waals surface area contributed by atoms with E-state index in [9.17, 15) is 4.79 Å². The van der Waals surface area contributed by atoms with E-state index in [1.54, 1.807) is 18.9 Å². The molecule has 1 N–H and O–H groups in total. The molecule has 2 aromatic heterocycles. The van der Waals surface area contributed by atoms with Gasteiger partial charge in [0.25, 0.3) is 5.91 Å². The smallest absolute Gasteiger partial charge is 0.268 e. The fourth-order valence-corrected chi connectivity index (χ4v) is 2.84. The topological polar surface area (TPSA) is 82.2 Å². The number of amides is 1. The Kier molecular flexibility index (Phi) is 4.75. The molecule has 0 aliphatic carbocycles. The van der Waals surface area contributed by atoms with E-state index in [4.69, 9.17) is 9.26 Å². The zero-order valence-corrected chi connectivity index (χ0v) is 14.5. The first-order valence-electron chi connectivity index (χ1n) is 7.34. The van der Waals surface area contributed by atoms with Crippen LogP contribution in [0.4, 0.5) is 0 Å². The number of thioether (sulfide) groups is 1. The lowest BCUT2D eigenvalue weighted by Crippen LogP contribution is -2.25. The van der Waals surface area contributed by atoms with Crippen molar-refractivity contribution in [2.24, 2.45) is 7.05 Å². The Balaban J connectivity index is 1.74. The van der Waals surface area contributed by atoms with E-state index < -0.39 is 0 Å². The average molecular weight is 346 g/mol. The minimum absolute atomic E-state index is 0.197. The number of benzene rings is 1. The summed E-state index contributed by atoms with van der Waals surface area (Å²) in [4.78, 5) is 16.7. The number of ether oxygens (including phenoxy) is 1. The van der Waals surface area contributed by atoms with Crippen LogP contribution in [0.5, 0.6) is 5.75 Å². The Hall–Kier alpha value is -2.48. The Bertz CT molecular complexity index is 871. The number of fused-ring (bicyclic) bond motifs is 1. The first kappa shape index (κ1) is 16.4. The van der Waals surface area contributed by atoms with E-state index in [0.29, 0.717) is 23.2 Å². The van der Waals surface area contributed by atoms with Gasteiger partial charge in [-0.2, -0.15) is 16.7 Å². The molecular weight excluding hydrogens is 328 g/mol. The second-order valence-electron chi connectivity index (χ2n) is 5.23. The maximum atomic E-state index is 12.4. The highest BCUT2D eigenvalue weighted by molar-refractivity contribution is 7.97. The average Bonchev–Trinajstić information content (AvgIpc) is 3.17. The maximum Gasteiger partial charge on any atom is 0.268 e. The number of nitrogens with one attached hydrogen (secondary N) is 1. The molecule has 8 heteroatoms. The van der Waals surface area contributed by atoms with Crippen molar-refractivity contribution in [3.8, 4) is 5.75 Å². The van der Waals surface area contributed by atoms with Crippen LogP contribution in [0.3, 0.4) is 0 Å². The lowest BCUT2D eigenvalue weighted by atomic mass is 10.2. The Labute approximate surface area is 143 Å². The summed E-state index contributed by atoms with van der Waals surface area (Å²) in [7, 11) is 3.47. The van der Waals surface area contributed by atoms with Crippen molar-refractivity contribution in [3.05, 3.63) is 41.7 Å². The van der Waals surface area contributed by atoms with E-state index in [-0.39, 0.29) is 12.5 Å². The van der Waals surface area contributed by atoms with Gasteiger partial charge in [-0.3, -0.25) is 4.79 Å². The van der Waals surface area contributed by atoms with Crippen LogP contribution in [0.2, 0.25) is 0 Å². The van der Waals surface area contributed by atoms with Crippen molar-refractivity contribution >= 4 is 28.6 Å². The van der Waals surface area contributed by atoms with Crippen molar-refractivity contribution in [2.45, 2.75) is 12.3 Å². The molecular formula is C16H18N4O3S. The summed E-state index contributed by atoms with van der Waals surface area (Å²) in [5, 5.41) is 7.60. The van der Waals surface area contributed by atoms with Crippen molar-refractivity contribution in [3.63, 3.8) is 0 Å². The number of aromatic nitrogens is 3. The van der Waals surface area contributed by atoms with Gasteiger partial charge in [-0.1, -0.05) is 5.16 Å².